The van der Waals surface area contributed by atoms with E-state index in [1.165, 1.54) is 18.0 Å². The zero-order valence-corrected chi connectivity index (χ0v) is 26.8. The van der Waals surface area contributed by atoms with Gasteiger partial charge >= 0.3 is 0 Å². The number of benzene rings is 4. The summed E-state index contributed by atoms with van der Waals surface area (Å²) in [5.74, 6) is 0.904. The van der Waals surface area contributed by atoms with Gasteiger partial charge in [0.1, 0.15) is 5.58 Å². The van der Waals surface area contributed by atoms with Crippen LogP contribution in [0.5, 0.6) is 11.5 Å². The van der Waals surface area contributed by atoms with Crippen LogP contribution in [-0.2, 0) is 4.79 Å². The number of nitrogens with one attached hydrogen (secondary N) is 1. The summed E-state index contributed by atoms with van der Waals surface area (Å²) in [4.78, 5) is 30.9. The molecule has 0 spiro atoms. The van der Waals surface area contributed by atoms with Gasteiger partial charge in [0.15, 0.2) is 23.9 Å². The Labute approximate surface area is 272 Å². The Morgan fingerprint density at radius 1 is 1.05 bits per heavy atom. The molecule has 0 aliphatic heterocycles. The van der Waals surface area contributed by atoms with Crippen LogP contribution in [0.3, 0.4) is 0 Å². The van der Waals surface area contributed by atoms with Gasteiger partial charge in [-0.2, -0.15) is 9.78 Å². The van der Waals surface area contributed by atoms with Gasteiger partial charge in [0.05, 0.1) is 28.7 Å². The van der Waals surface area contributed by atoms with E-state index in [0.29, 0.717) is 59.0 Å². The summed E-state index contributed by atoms with van der Waals surface area (Å²) in [5.41, 5.74) is 1.96. The van der Waals surface area contributed by atoms with Crippen molar-refractivity contribution in [1.29, 1.82) is 0 Å². The van der Waals surface area contributed by atoms with Gasteiger partial charge < -0.3 is 19.2 Å². The summed E-state index contributed by atoms with van der Waals surface area (Å²) in [7, 11) is 1.48. The Morgan fingerprint density at radius 2 is 1.80 bits per heavy atom. The van der Waals surface area contributed by atoms with Crippen molar-refractivity contribution in [1.82, 2.24) is 9.66 Å². The number of furan rings is 1. The third-order valence-corrected chi connectivity index (χ3v) is 8.96. The van der Waals surface area contributed by atoms with Gasteiger partial charge in [0.25, 0.3) is 11.5 Å². The Balaban J connectivity index is 1.34. The van der Waals surface area contributed by atoms with Crippen LogP contribution in [0.2, 0.25) is 5.02 Å². The fourth-order valence-electron chi connectivity index (χ4n) is 4.46. The first-order valence-corrected chi connectivity index (χ1v) is 15.1. The van der Waals surface area contributed by atoms with Gasteiger partial charge in [-0.05, 0) is 86.5 Å². The molecule has 0 fully saturated rings. The number of anilines is 1. The fraction of sp³-hybridized carbons (Fsp3) is 0.0625. The molecule has 0 aliphatic carbocycles. The molecule has 9 nitrogen and oxygen atoms in total. The smallest absolute Gasteiger partial charge is 0.282 e. The van der Waals surface area contributed by atoms with Crippen molar-refractivity contribution in [2.24, 2.45) is 5.10 Å². The van der Waals surface area contributed by atoms with Crippen LogP contribution in [0.4, 0.5) is 5.69 Å². The topological polar surface area (TPSA) is 108 Å². The van der Waals surface area contributed by atoms with Gasteiger partial charge in [-0.25, -0.2) is 4.98 Å². The average Bonchev–Trinajstić information content (AvgIpc) is 3.47. The zero-order valence-electron chi connectivity index (χ0n) is 22.9. The number of nitrogens with zero attached hydrogens (tertiary/aromatic N) is 3. The molecule has 220 valence electrons. The predicted molar refractivity (Wildman–Crippen MR) is 178 cm³/mol. The Hall–Kier alpha value is -4.45. The van der Waals surface area contributed by atoms with Crippen molar-refractivity contribution >= 4 is 83.1 Å². The van der Waals surface area contributed by atoms with Crippen LogP contribution in [-0.4, -0.2) is 35.5 Å². The number of rotatable bonds is 8. The van der Waals surface area contributed by atoms with Gasteiger partial charge in [0.2, 0.25) is 5.82 Å². The minimum Gasteiger partial charge on any atom is -0.493 e. The lowest BCUT2D eigenvalue weighted by atomic mass is 10.2. The van der Waals surface area contributed by atoms with E-state index < -0.39 is 0 Å². The molecule has 0 aliphatic rings. The highest BCUT2D eigenvalue weighted by atomic mass is 79.9. The molecule has 0 atom stereocenters. The van der Waals surface area contributed by atoms with Crippen molar-refractivity contribution in [3.8, 4) is 23.1 Å². The minimum absolute atomic E-state index is 0.245. The minimum atomic E-state index is -0.371. The number of methoxy groups -OCH3 is 1. The third kappa shape index (κ3) is 5.99. The lowest BCUT2D eigenvalue weighted by Gasteiger charge is -2.15. The number of carbonyl (C=O) groups excluding carboxylic acids is 1. The van der Waals surface area contributed by atoms with Gasteiger partial charge in [0, 0.05) is 26.1 Å². The molecule has 6 aromatic rings. The number of amides is 1. The monoisotopic (exact) mass is 734 g/mol. The first kappa shape index (κ1) is 29.6. The summed E-state index contributed by atoms with van der Waals surface area (Å²) in [6.45, 7) is -0.281. The van der Waals surface area contributed by atoms with E-state index in [1.54, 1.807) is 48.5 Å². The molecular formula is C32H21Br2ClN4O5. The van der Waals surface area contributed by atoms with Crippen molar-refractivity contribution in [3.05, 3.63) is 115 Å². The molecule has 0 saturated carbocycles. The molecule has 12 heteroatoms. The molecule has 0 saturated heterocycles. The number of para-hydroxylation sites is 2. The molecule has 2 aromatic heterocycles. The molecule has 0 bridgehead atoms. The Bertz CT molecular complexity index is 2090. The number of ether oxygens (including phenoxy) is 2. The molecule has 1 amide bonds. The maximum Gasteiger partial charge on any atom is 0.282 e. The van der Waals surface area contributed by atoms with E-state index in [-0.39, 0.29) is 23.9 Å². The molecule has 0 unspecified atom stereocenters. The van der Waals surface area contributed by atoms with Crippen LogP contribution in [0, 0.1) is 0 Å². The SMILES string of the molecule is COc1cc(C=Nn2c(-c3cc4ccccc4o3)nc3ccccc3c2=O)c(Br)c(Br)c1OCC(=O)Nc1ccc(Cl)cc1. The van der Waals surface area contributed by atoms with Crippen LogP contribution >= 0.6 is 43.5 Å². The van der Waals surface area contributed by atoms with Crippen LogP contribution < -0.4 is 20.3 Å². The second-order valence-corrected chi connectivity index (χ2v) is 11.5. The van der Waals surface area contributed by atoms with Crippen molar-refractivity contribution in [2.45, 2.75) is 0 Å². The summed E-state index contributed by atoms with van der Waals surface area (Å²) in [5, 5.41) is 9.13. The Kier molecular flexibility index (Phi) is 8.51. The van der Waals surface area contributed by atoms with Crippen LogP contribution in [0.15, 0.2) is 108 Å². The molecule has 0 radical (unpaired) electrons. The van der Waals surface area contributed by atoms with Crippen LogP contribution in [0.25, 0.3) is 33.5 Å². The first-order valence-electron chi connectivity index (χ1n) is 13.1. The molecule has 2 heterocycles. The number of fused-ring (bicyclic) bond motifs is 2. The highest BCUT2D eigenvalue weighted by molar-refractivity contribution is 9.13. The van der Waals surface area contributed by atoms with E-state index >= 15 is 0 Å². The largest absolute Gasteiger partial charge is 0.493 e. The van der Waals surface area contributed by atoms with E-state index in [0.717, 1.165) is 5.39 Å². The van der Waals surface area contributed by atoms with Crippen LogP contribution in [0.1, 0.15) is 5.56 Å². The maximum absolute atomic E-state index is 13.6. The van der Waals surface area contributed by atoms with E-state index in [9.17, 15) is 9.59 Å². The zero-order chi connectivity index (χ0) is 30.8. The first-order chi connectivity index (χ1) is 21.3. The average molecular weight is 737 g/mol. The fourth-order valence-corrected chi connectivity index (χ4v) is 5.52. The predicted octanol–water partition coefficient (Wildman–Crippen LogP) is 7.90. The quantitative estimate of drug-likeness (QED) is 0.159. The second-order valence-electron chi connectivity index (χ2n) is 9.43. The lowest BCUT2D eigenvalue weighted by Crippen LogP contribution is -2.20. The van der Waals surface area contributed by atoms with Gasteiger partial charge in [-0.1, -0.05) is 41.9 Å². The molecule has 44 heavy (non-hydrogen) atoms. The maximum atomic E-state index is 13.6. The number of carbonyl (C=O) groups is 1. The van der Waals surface area contributed by atoms with Crippen molar-refractivity contribution in [3.63, 3.8) is 0 Å². The molecule has 4 aromatic carbocycles. The second kappa shape index (κ2) is 12.7. The Morgan fingerprint density at radius 3 is 2.57 bits per heavy atom. The summed E-state index contributed by atoms with van der Waals surface area (Å²) in [6.07, 6.45) is 1.50. The van der Waals surface area contributed by atoms with Crippen molar-refractivity contribution < 1.29 is 18.7 Å². The highest BCUT2D eigenvalue weighted by Gasteiger charge is 2.20. The molecular weight excluding hydrogens is 716 g/mol. The number of halogens is 3. The van der Waals surface area contributed by atoms with E-state index in [4.69, 9.17) is 30.5 Å². The summed E-state index contributed by atoms with van der Waals surface area (Å²) in [6, 6.07) is 24.8. The number of hydrogen-bond acceptors (Lipinski definition) is 7. The normalized spacial score (nSPS) is 11.4. The summed E-state index contributed by atoms with van der Waals surface area (Å²) < 4.78 is 19.7. The van der Waals surface area contributed by atoms with Crippen molar-refractivity contribution in [2.75, 3.05) is 19.0 Å². The summed E-state index contributed by atoms with van der Waals surface area (Å²) >= 11 is 13.0. The molecule has 1 N–H and O–H groups in total. The lowest BCUT2D eigenvalue weighted by molar-refractivity contribution is -0.118. The highest BCUT2D eigenvalue weighted by Crippen LogP contribution is 2.42. The number of hydrogen-bond donors (Lipinski definition) is 1. The van der Waals surface area contributed by atoms with E-state index in [1.807, 2.05) is 36.4 Å². The molecule has 6 rings (SSSR count). The van der Waals surface area contributed by atoms with Gasteiger partial charge in [-0.3, -0.25) is 9.59 Å². The standard InChI is InChI=1S/C32H21Br2ClN4O5/c1-42-25-15-19(28(33)29(34)30(25)43-17-27(40)37-21-12-10-20(35)11-13-21)16-36-39-31(26-14-18-6-2-5-9-24(18)44-26)38-23-8-4-3-7-22(23)32(39)41/h2-16H,17H2,1H3,(H,37,40). The van der Waals surface area contributed by atoms with E-state index in [2.05, 4.69) is 42.3 Å². The third-order valence-electron chi connectivity index (χ3n) is 6.56. The van der Waals surface area contributed by atoms with Gasteiger partial charge in [-0.15, -0.1) is 0 Å². The number of aromatic nitrogens is 2.